The van der Waals surface area contributed by atoms with Crippen LogP contribution in [0.1, 0.15) is 39.9 Å². The molecule has 3 nitrogen and oxygen atoms in total. The molecule has 3 aromatic carbocycles. The molecule has 1 unspecified atom stereocenters. The number of hydrogen-bond donors (Lipinski definition) is 1. The van der Waals surface area contributed by atoms with Gasteiger partial charge in [-0.25, -0.2) is 0 Å². The van der Waals surface area contributed by atoms with E-state index in [1.54, 1.807) is 0 Å². The third kappa shape index (κ3) is 3.38. The second-order valence-corrected chi connectivity index (χ2v) is 7.01. The van der Waals surface area contributed by atoms with E-state index in [9.17, 15) is 4.79 Å². The smallest absolute Gasteiger partial charge is 0.256 e. The first-order valence-corrected chi connectivity index (χ1v) is 9.36. The van der Waals surface area contributed by atoms with Crippen LogP contribution in [0.4, 0.5) is 5.69 Å². The Morgan fingerprint density at radius 1 is 0.926 bits per heavy atom. The van der Waals surface area contributed by atoms with Gasteiger partial charge in [-0.2, -0.15) is 0 Å². The highest BCUT2D eigenvalue weighted by molar-refractivity contribution is 6.05. The van der Waals surface area contributed by atoms with Crippen molar-refractivity contribution in [1.29, 1.82) is 0 Å². The summed E-state index contributed by atoms with van der Waals surface area (Å²) in [6.07, 6.45) is 1.84. The Hall–Kier alpha value is -2.91. The van der Waals surface area contributed by atoms with Gasteiger partial charge >= 0.3 is 0 Å². The van der Waals surface area contributed by atoms with Gasteiger partial charge in [0.15, 0.2) is 0 Å². The lowest BCUT2D eigenvalue weighted by molar-refractivity contribution is 0.0351. The zero-order valence-electron chi connectivity index (χ0n) is 15.4. The van der Waals surface area contributed by atoms with Gasteiger partial charge in [-0.1, -0.05) is 66.2 Å². The summed E-state index contributed by atoms with van der Waals surface area (Å²) in [7, 11) is 0. The van der Waals surface area contributed by atoms with Crippen molar-refractivity contribution in [3.63, 3.8) is 0 Å². The van der Waals surface area contributed by atoms with Crippen LogP contribution in [0, 0.1) is 6.92 Å². The summed E-state index contributed by atoms with van der Waals surface area (Å²) in [5.74, 6) is -0.111. The lowest BCUT2D eigenvalue weighted by atomic mass is 9.81. The molecule has 136 valence electrons. The van der Waals surface area contributed by atoms with Gasteiger partial charge in [0.1, 0.15) is 5.60 Å². The minimum atomic E-state index is -0.567. The average Bonchev–Trinajstić information content (AvgIpc) is 3.21. The summed E-state index contributed by atoms with van der Waals surface area (Å²) < 4.78 is 6.29. The fourth-order valence-corrected chi connectivity index (χ4v) is 3.81. The topological polar surface area (TPSA) is 38.3 Å². The zero-order valence-corrected chi connectivity index (χ0v) is 15.4. The van der Waals surface area contributed by atoms with E-state index in [2.05, 4.69) is 17.4 Å². The van der Waals surface area contributed by atoms with Crippen molar-refractivity contribution in [2.45, 2.75) is 25.4 Å². The Bertz CT molecular complexity index is 926. The Morgan fingerprint density at radius 3 is 2.33 bits per heavy atom. The number of anilines is 1. The second kappa shape index (κ2) is 7.37. The molecular formula is C24H23NO2. The van der Waals surface area contributed by atoms with E-state index in [0.717, 1.165) is 35.2 Å². The van der Waals surface area contributed by atoms with Crippen LogP contribution in [0.15, 0.2) is 78.9 Å². The first-order chi connectivity index (χ1) is 13.2. The van der Waals surface area contributed by atoms with Gasteiger partial charge in [-0.15, -0.1) is 0 Å². The molecule has 3 aromatic rings. The van der Waals surface area contributed by atoms with Gasteiger partial charge in [0.25, 0.3) is 5.91 Å². The van der Waals surface area contributed by atoms with Gasteiger partial charge in [-0.3, -0.25) is 4.79 Å². The van der Waals surface area contributed by atoms with E-state index in [1.165, 1.54) is 0 Å². The lowest BCUT2D eigenvalue weighted by Gasteiger charge is -2.31. The van der Waals surface area contributed by atoms with Gasteiger partial charge in [0, 0.05) is 23.4 Å². The normalized spacial score (nSPS) is 19.0. The highest BCUT2D eigenvalue weighted by Crippen LogP contribution is 2.43. The predicted molar refractivity (Wildman–Crippen MR) is 108 cm³/mol. The minimum absolute atomic E-state index is 0.111. The second-order valence-electron chi connectivity index (χ2n) is 7.01. The van der Waals surface area contributed by atoms with Crippen LogP contribution >= 0.6 is 0 Å². The zero-order chi connectivity index (χ0) is 18.7. The summed E-state index contributed by atoms with van der Waals surface area (Å²) in [6.45, 7) is 2.73. The van der Waals surface area contributed by atoms with Crippen molar-refractivity contribution >= 4 is 11.6 Å². The summed E-state index contributed by atoms with van der Waals surface area (Å²) in [5, 5.41) is 3.02. The quantitative estimate of drug-likeness (QED) is 0.688. The third-order valence-electron chi connectivity index (χ3n) is 5.18. The number of ether oxygens (including phenoxy) is 1. The summed E-state index contributed by atoms with van der Waals surface area (Å²) >= 11 is 0. The van der Waals surface area contributed by atoms with Crippen LogP contribution in [0.25, 0.3) is 0 Å². The lowest BCUT2D eigenvalue weighted by Crippen LogP contribution is -2.30. The minimum Gasteiger partial charge on any atom is -0.366 e. The number of carbonyl (C=O) groups excluding carboxylic acids is 1. The van der Waals surface area contributed by atoms with E-state index in [4.69, 9.17) is 4.74 Å². The number of amides is 1. The molecule has 27 heavy (non-hydrogen) atoms. The number of nitrogens with one attached hydrogen (secondary N) is 1. The molecule has 1 N–H and O–H groups in total. The summed E-state index contributed by atoms with van der Waals surface area (Å²) in [4.78, 5) is 13.1. The van der Waals surface area contributed by atoms with E-state index < -0.39 is 5.60 Å². The number of aryl methyl sites for hydroxylation is 1. The van der Waals surface area contributed by atoms with Gasteiger partial charge in [0.05, 0.1) is 0 Å². The fourth-order valence-electron chi connectivity index (χ4n) is 3.81. The van der Waals surface area contributed by atoms with E-state index in [-0.39, 0.29) is 5.91 Å². The highest BCUT2D eigenvalue weighted by Gasteiger charge is 2.41. The van der Waals surface area contributed by atoms with Crippen molar-refractivity contribution < 1.29 is 9.53 Å². The van der Waals surface area contributed by atoms with Gasteiger partial charge in [0.2, 0.25) is 0 Å². The molecule has 1 fully saturated rings. The molecule has 4 rings (SSSR count). The first kappa shape index (κ1) is 17.5. The van der Waals surface area contributed by atoms with Crippen LogP contribution in [0.2, 0.25) is 0 Å². The van der Waals surface area contributed by atoms with Gasteiger partial charge < -0.3 is 10.1 Å². The Morgan fingerprint density at radius 2 is 1.63 bits per heavy atom. The molecule has 1 atom stereocenters. The van der Waals surface area contributed by atoms with Crippen LogP contribution < -0.4 is 5.32 Å². The first-order valence-electron chi connectivity index (χ1n) is 9.36. The molecule has 3 heteroatoms. The number of hydrogen-bond acceptors (Lipinski definition) is 2. The molecule has 1 amide bonds. The average molecular weight is 357 g/mol. The predicted octanol–water partition coefficient (Wildman–Crippen LogP) is 5.30. The number of carbonyl (C=O) groups is 1. The van der Waals surface area contributed by atoms with Crippen molar-refractivity contribution in [2.24, 2.45) is 0 Å². The molecule has 0 radical (unpaired) electrons. The maximum absolute atomic E-state index is 13.1. The number of benzene rings is 3. The van der Waals surface area contributed by atoms with Crippen molar-refractivity contribution in [3.05, 3.63) is 101 Å². The van der Waals surface area contributed by atoms with Crippen LogP contribution in [-0.4, -0.2) is 12.5 Å². The Labute approximate surface area is 160 Å². The molecule has 1 aliphatic heterocycles. The molecule has 0 saturated carbocycles. The summed E-state index contributed by atoms with van der Waals surface area (Å²) in [6, 6.07) is 25.8. The maximum atomic E-state index is 13.1. The standard InChI is InChI=1S/C24H23NO2/c1-18-12-14-20(15-13-18)25-23(26)21-10-5-6-11-22(21)24(16-7-17-27-24)19-8-3-2-4-9-19/h2-6,8-15H,7,16-17H2,1H3,(H,25,26). The molecule has 1 saturated heterocycles. The third-order valence-corrected chi connectivity index (χ3v) is 5.18. The molecule has 0 aromatic heterocycles. The largest absolute Gasteiger partial charge is 0.366 e. The van der Waals surface area contributed by atoms with Crippen molar-refractivity contribution in [2.75, 3.05) is 11.9 Å². The van der Waals surface area contributed by atoms with Crippen molar-refractivity contribution in [3.8, 4) is 0 Å². The number of rotatable bonds is 4. The van der Waals surface area contributed by atoms with E-state index >= 15 is 0 Å². The maximum Gasteiger partial charge on any atom is 0.256 e. The Kier molecular flexibility index (Phi) is 4.78. The molecule has 1 aliphatic rings. The fraction of sp³-hybridized carbons (Fsp3) is 0.208. The van der Waals surface area contributed by atoms with E-state index in [1.807, 2.05) is 73.7 Å². The van der Waals surface area contributed by atoms with Crippen LogP contribution in [-0.2, 0) is 10.3 Å². The molecule has 0 bridgehead atoms. The Balaban J connectivity index is 1.74. The molecule has 0 aliphatic carbocycles. The monoisotopic (exact) mass is 357 g/mol. The van der Waals surface area contributed by atoms with Crippen LogP contribution in [0.3, 0.4) is 0 Å². The van der Waals surface area contributed by atoms with Crippen LogP contribution in [0.5, 0.6) is 0 Å². The molecule has 1 heterocycles. The van der Waals surface area contributed by atoms with Gasteiger partial charge in [-0.05, 0) is 43.5 Å². The highest BCUT2D eigenvalue weighted by atomic mass is 16.5. The molecule has 0 spiro atoms. The van der Waals surface area contributed by atoms with E-state index in [0.29, 0.717) is 12.2 Å². The summed E-state index contributed by atoms with van der Waals surface area (Å²) in [5.41, 5.74) is 4.07. The van der Waals surface area contributed by atoms with Crippen molar-refractivity contribution in [1.82, 2.24) is 0 Å². The SMILES string of the molecule is Cc1ccc(NC(=O)c2ccccc2C2(c3ccccc3)CCCO2)cc1. The molecular weight excluding hydrogens is 334 g/mol.